The molecule has 0 aromatic carbocycles. The van der Waals surface area contributed by atoms with E-state index in [-0.39, 0.29) is 29.4 Å². The Morgan fingerprint density at radius 3 is 2.73 bits per heavy atom. The fourth-order valence-corrected chi connectivity index (χ4v) is 4.97. The highest BCUT2D eigenvalue weighted by Gasteiger charge is 2.66. The molecule has 1 aromatic heterocycles. The van der Waals surface area contributed by atoms with Crippen molar-refractivity contribution in [3.63, 3.8) is 0 Å². The van der Waals surface area contributed by atoms with Crippen LogP contribution in [0, 0.1) is 0 Å². The Labute approximate surface area is 178 Å². The number of nitrogens with one attached hydrogen (secondary N) is 1. The van der Waals surface area contributed by atoms with Gasteiger partial charge in [0.1, 0.15) is 17.7 Å². The minimum atomic E-state index is -1.71. The van der Waals surface area contributed by atoms with Gasteiger partial charge >= 0.3 is 12.1 Å². The van der Waals surface area contributed by atoms with Gasteiger partial charge in [0.2, 0.25) is 5.91 Å². The lowest BCUT2D eigenvalue weighted by Gasteiger charge is -2.55. The summed E-state index contributed by atoms with van der Waals surface area (Å²) in [5.74, 6) is -2.56. The van der Waals surface area contributed by atoms with Gasteiger partial charge < -0.3 is 25.6 Å². The van der Waals surface area contributed by atoms with Crippen molar-refractivity contribution in [2.75, 3.05) is 25.2 Å². The number of carbonyl (C=O) groups is 4. The Balaban J connectivity index is 1.74. The van der Waals surface area contributed by atoms with Gasteiger partial charge in [0.15, 0.2) is 5.16 Å². The van der Waals surface area contributed by atoms with Gasteiger partial charge in [-0.3, -0.25) is 14.5 Å². The van der Waals surface area contributed by atoms with Crippen molar-refractivity contribution >= 4 is 47.4 Å². The number of primary amides is 1. The molecule has 0 spiro atoms. The number of aromatic nitrogens is 2. The predicted octanol–water partition coefficient (Wildman–Crippen LogP) is -0.623. The first kappa shape index (κ1) is 21.9. The summed E-state index contributed by atoms with van der Waals surface area (Å²) in [6.45, 7) is -0.361. The van der Waals surface area contributed by atoms with Crippen LogP contribution in [0.15, 0.2) is 34.9 Å². The van der Waals surface area contributed by atoms with E-state index in [0.29, 0.717) is 5.16 Å². The van der Waals surface area contributed by atoms with Gasteiger partial charge in [0, 0.05) is 30.8 Å². The second-order valence-electron chi connectivity index (χ2n) is 6.01. The molecule has 2 atom stereocenters. The number of fused-ring (bicyclic) bond motifs is 1. The van der Waals surface area contributed by atoms with Gasteiger partial charge in [-0.05, 0) is 6.07 Å². The number of hydrogen-bond acceptors (Lipinski definition) is 10. The zero-order valence-electron chi connectivity index (χ0n) is 15.6. The summed E-state index contributed by atoms with van der Waals surface area (Å²) in [5, 5.41) is 11.7. The number of aliphatic carboxylic acids is 1. The molecule has 2 aliphatic rings. The molecule has 1 fully saturated rings. The highest BCUT2D eigenvalue weighted by atomic mass is 32.2. The van der Waals surface area contributed by atoms with Crippen LogP contribution in [0.4, 0.5) is 4.79 Å². The number of carboxylic acid groups (broad SMARTS) is 1. The first-order valence-electron chi connectivity index (χ1n) is 8.39. The number of methoxy groups -OCH3 is 1. The molecule has 3 rings (SSSR count). The van der Waals surface area contributed by atoms with Gasteiger partial charge in [0.25, 0.3) is 11.6 Å². The van der Waals surface area contributed by atoms with Crippen molar-refractivity contribution in [1.82, 2.24) is 20.2 Å². The molecule has 1 aromatic rings. The standard InChI is InChI=1S/C16H17N5O7S2/c1-27-16(20-9(22)7-30-15-18-3-2-4-19-15)12(25)21-10(11(23)24)8(5-28-14(17)26)6-29-13(16)21/h2-4,13H,5-7H2,1H3,(H2,17,26)(H,20,22)(H,23,24)/t13-,16-/m0/s1. The lowest BCUT2D eigenvalue weighted by molar-refractivity contribution is -0.192. The molecule has 2 aliphatic heterocycles. The first-order valence-corrected chi connectivity index (χ1v) is 10.4. The van der Waals surface area contributed by atoms with E-state index in [1.54, 1.807) is 6.07 Å². The highest BCUT2D eigenvalue weighted by Crippen LogP contribution is 2.46. The van der Waals surface area contributed by atoms with Crippen LogP contribution in [0.3, 0.4) is 0 Å². The van der Waals surface area contributed by atoms with Crippen molar-refractivity contribution in [1.29, 1.82) is 0 Å². The number of nitrogens with two attached hydrogens (primary N) is 1. The predicted molar refractivity (Wildman–Crippen MR) is 104 cm³/mol. The molecule has 4 N–H and O–H groups in total. The zero-order valence-corrected chi connectivity index (χ0v) is 17.2. The summed E-state index contributed by atoms with van der Waals surface area (Å²) in [5.41, 5.74) is 3.11. The van der Waals surface area contributed by atoms with E-state index in [1.807, 2.05) is 0 Å². The second-order valence-corrected chi connectivity index (χ2v) is 8.02. The van der Waals surface area contributed by atoms with Crippen molar-refractivity contribution < 1.29 is 33.8 Å². The summed E-state index contributed by atoms with van der Waals surface area (Å²) >= 11 is 2.24. The van der Waals surface area contributed by atoms with E-state index >= 15 is 0 Å². The topological polar surface area (TPSA) is 174 Å². The normalized spacial score (nSPS) is 22.8. The summed E-state index contributed by atoms with van der Waals surface area (Å²) in [6.07, 6.45) is 2.01. The molecule has 3 amide bonds. The molecular weight excluding hydrogens is 438 g/mol. The van der Waals surface area contributed by atoms with Crippen LogP contribution in [-0.2, 0) is 23.9 Å². The van der Waals surface area contributed by atoms with Gasteiger partial charge in [-0.25, -0.2) is 19.6 Å². The molecule has 12 nitrogen and oxygen atoms in total. The third-order valence-electron chi connectivity index (χ3n) is 4.22. The molecule has 3 heterocycles. The average molecular weight is 455 g/mol. The highest BCUT2D eigenvalue weighted by molar-refractivity contribution is 8.00. The second kappa shape index (κ2) is 8.89. The van der Waals surface area contributed by atoms with Gasteiger partial charge in [-0.15, -0.1) is 11.8 Å². The van der Waals surface area contributed by atoms with Crippen molar-refractivity contribution in [2.45, 2.75) is 16.3 Å². The van der Waals surface area contributed by atoms with Gasteiger partial charge in [0.05, 0.1) is 5.75 Å². The van der Waals surface area contributed by atoms with Gasteiger partial charge in [-0.2, -0.15) is 0 Å². The maximum absolute atomic E-state index is 12.9. The Hall–Kier alpha value is -2.84. The van der Waals surface area contributed by atoms with E-state index in [0.717, 1.165) is 16.7 Å². The van der Waals surface area contributed by atoms with E-state index in [9.17, 15) is 24.3 Å². The van der Waals surface area contributed by atoms with Crippen LogP contribution >= 0.6 is 23.5 Å². The monoisotopic (exact) mass is 455 g/mol. The largest absolute Gasteiger partial charge is 0.477 e. The van der Waals surface area contributed by atoms with E-state index in [1.165, 1.54) is 31.3 Å². The lowest BCUT2D eigenvalue weighted by Crippen LogP contribution is -2.80. The fraction of sp³-hybridized carbons (Fsp3) is 0.375. The van der Waals surface area contributed by atoms with Crippen LogP contribution in [0.2, 0.25) is 0 Å². The molecule has 0 aliphatic carbocycles. The van der Waals surface area contributed by atoms with Crippen LogP contribution in [0.5, 0.6) is 0 Å². The number of carbonyl (C=O) groups excluding carboxylic acids is 3. The quantitative estimate of drug-likeness (QED) is 0.197. The molecule has 0 radical (unpaired) electrons. The number of ether oxygens (including phenoxy) is 2. The number of hydrogen-bond donors (Lipinski definition) is 3. The number of rotatable bonds is 8. The summed E-state index contributed by atoms with van der Waals surface area (Å²) in [6, 6.07) is 1.64. The Morgan fingerprint density at radius 2 is 2.13 bits per heavy atom. The van der Waals surface area contributed by atoms with Crippen molar-refractivity contribution in [2.24, 2.45) is 5.73 Å². The smallest absolute Gasteiger partial charge is 0.404 e. The molecule has 14 heteroatoms. The van der Waals surface area contributed by atoms with E-state index in [4.69, 9.17) is 10.5 Å². The van der Waals surface area contributed by atoms with Crippen LogP contribution in [-0.4, -0.2) is 80.2 Å². The summed E-state index contributed by atoms with van der Waals surface area (Å²) in [7, 11) is 1.25. The molecule has 0 unspecified atom stereocenters. The molecule has 0 bridgehead atoms. The third-order valence-corrected chi connectivity index (χ3v) is 6.47. The number of amides is 3. The summed E-state index contributed by atoms with van der Waals surface area (Å²) < 4.78 is 10.0. The van der Waals surface area contributed by atoms with Crippen LogP contribution in [0.1, 0.15) is 0 Å². The van der Waals surface area contributed by atoms with Crippen LogP contribution < -0.4 is 11.1 Å². The van der Waals surface area contributed by atoms with Gasteiger partial charge in [-0.1, -0.05) is 11.8 Å². The minimum Gasteiger partial charge on any atom is -0.477 e. The molecular formula is C16H17N5O7S2. The maximum Gasteiger partial charge on any atom is 0.404 e. The van der Waals surface area contributed by atoms with E-state index < -0.39 is 35.0 Å². The van der Waals surface area contributed by atoms with Crippen molar-refractivity contribution in [3.8, 4) is 0 Å². The number of nitrogens with zero attached hydrogens (tertiary/aromatic N) is 3. The lowest BCUT2D eigenvalue weighted by atomic mass is 9.98. The maximum atomic E-state index is 12.9. The molecule has 1 saturated heterocycles. The SMILES string of the molecule is CO[C@@]1(NC(=O)CSc2ncccn2)C(=O)N2C(C(=O)O)=C(COC(N)=O)CS[C@H]21. The Morgan fingerprint density at radius 1 is 1.43 bits per heavy atom. The fourth-order valence-electron chi connectivity index (χ4n) is 2.95. The van der Waals surface area contributed by atoms with Crippen molar-refractivity contribution in [3.05, 3.63) is 29.7 Å². The summed E-state index contributed by atoms with van der Waals surface area (Å²) in [4.78, 5) is 56.9. The average Bonchev–Trinajstić information content (AvgIpc) is 2.74. The number of thioether (sulfide) groups is 2. The Kier molecular flexibility index (Phi) is 6.48. The third kappa shape index (κ3) is 4.06. The number of carboxylic acids is 1. The zero-order chi connectivity index (χ0) is 21.9. The first-order chi connectivity index (χ1) is 14.3. The Bertz CT molecular complexity index is 913. The van der Waals surface area contributed by atoms with Crippen LogP contribution in [0.25, 0.3) is 0 Å². The molecule has 160 valence electrons. The van der Waals surface area contributed by atoms with E-state index in [2.05, 4.69) is 20.0 Å². The molecule has 30 heavy (non-hydrogen) atoms. The number of β-lactam (4-membered cyclic amide) rings is 1. The molecule has 0 saturated carbocycles. The minimum absolute atomic E-state index is 0.0703.